The number of fused-ring (bicyclic) bond motifs is 1. The van der Waals surface area contributed by atoms with Gasteiger partial charge in [-0.05, 0) is 18.2 Å². The summed E-state index contributed by atoms with van der Waals surface area (Å²) in [6.45, 7) is 4.17. The minimum absolute atomic E-state index is 0.143. The molecule has 7 heteroatoms. The largest absolute Gasteiger partial charge is 0.496 e. The summed E-state index contributed by atoms with van der Waals surface area (Å²) in [5, 5.41) is 5.51. The number of benzene rings is 1. The molecule has 0 radical (unpaired) electrons. The number of para-hydroxylation sites is 1. The zero-order chi connectivity index (χ0) is 19.2. The predicted molar refractivity (Wildman–Crippen MR) is 102 cm³/mol. The number of carbonyl (C=O) groups is 2. The van der Waals surface area contributed by atoms with Gasteiger partial charge in [0.2, 0.25) is 5.82 Å². The lowest BCUT2D eigenvalue weighted by Gasteiger charge is -2.09. The van der Waals surface area contributed by atoms with Crippen molar-refractivity contribution < 1.29 is 14.3 Å². The van der Waals surface area contributed by atoms with E-state index in [0.29, 0.717) is 17.8 Å². The van der Waals surface area contributed by atoms with Gasteiger partial charge in [0, 0.05) is 24.8 Å². The number of hydrogen-bond acceptors (Lipinski definition) is 4. The maximum Gasteiger partial charge on any atom is 0.287 e. The number of imidazole rings is 1. The van der Waals surface area contributed by atoms with Crippen molar-refractivity contribution >= 4 is 17.3 Å². The predicted octanol–water partition coefficient (Wildman–Crippen LogP) is 2.19. The average molecular weight is 364 g/mol. The number of methoxy groups -OCH3 is 1. The summed E-state index contributed by atoms with van der Waals surface area (Å²) in [5.74, 6) is 0.0896. The summed E-state index contributed by atoms with van der Waals surface area (Å²) >= 11 is 0. The van der Waals surface area contributed by atoms with E-state index in [-0.39, 0.29) is 29.9 Å². The first-order valence-electron chi connectivity index (χ1n) is 8.42. The maximum atomic E-state index is 12.7. The molecule has 0 saturated carbocycles. The molecule has 0 bridgehead atoms. The number of pyridine rings is 1. The Bertz CT molecular complexity index is 994. The van der Waals surface area contributed by atoms with E-state index in [1.807, 2.05) is 24.3 Å². The second kappa shape index (κ2) is 8.18. The summed E-state index contributed by atoms with van der Waals surface area (Å²) in [5.41, 5.74) is 1.60. The monoisotopic (exact) mass is 364 g/mol. The number of aromatic nitrogens is 2. The van der Waals surface area contributed by atoms with E-state index in [9.17, 15) is 9.59 Å². The van der Waals surface area contributed by atoms with Crippen molar-refractivity contribution in [2.24, 2.45) is 0 Å². The van der Waals surface area contributed by atoms with Gasteiger partial charge in [-0.15, -0.1) is 6.58 Å². The van der Waals surface area contributed by atoms with Gasteiger partial charge in [-0.3, -0.25) is 14.0 Å². The van der Waals surface area contributed by atoms with Crippen LogP contribution < -0.4 is 15.4 Å². The van der Waals surface area contributed by atoms with Crippen LogP contribution in [-0.4, -0.2) is 34.9 Å². The van der Waals surface area contributed by atoms with Gasteiger partial charge in [-0.1, -0.05) is 30.3 Å². The van der Waals surface area contributed by atoms with Crippen LogP contribution in [0.15, 0.2) is 61.3 Å². The highest BCUT2D eigenvalue weighted by molar-refractivity contribution is 6.02. The molecule has 2 aromatic heterocycles. The number of nitrogens with one attached hydrogen (secondary N) is 2. The van der Waals surface area contributed by atoms with Crippen LogP contribution in [0.25, 0.3) is 5.52 Å². The molecule has 7 nitrogen and oxygen atoms in total. The van der Waals surface area contributed by atoms with E-state index in [4.69, 9.17) is 4.74 Å². The van der Waals surface area contributed by atoms with Gasteiger partial charge >= 0.3 is 0 Å². The number of carbonyl (C=O) groups excluding carboxylic acids is 2. The minimum atomic E-state index is -0.384. The summed E-state index contributed by atoms with van der Waals surface area (Å²) < 4.78 is 6.89. The second-order valence-electron chi connectivity index (χ2n) is 5.73. The molecular formula is C20H20N4O3. The Hall–Kier alpha value is -3.61. The van der Waals surface area contributed by atoms with E-state index < -0.39 is 0 Å². The van der Waals surface area contributed by atoms with Gasteiger partial charge in [0.15, 0.2) is 5.69 Å². The summed E-state index contributed by atoms with van der Waals surface area (Å²) in [4.78, 5) is 29.3. The van der Waals surface area contributed by atoms with Crippen LogP contribution >= 0.6 is 0 Å². The van der Waals surface area contributed by atoms with Crippen LogP contribution in [0, 0.1) is 0 Å². The average Bonchev–Trinajstić information content (AvgIpc) is 3.10. The molecule has 3 aromatic rings. The van der Waals surface area contributed by atoms with Gasteiger partial charge in [0.25, 0.3) is 11.8 Å². The SMILES string of the molecule is C=CCNC(=O)c1nc(C(=O)NCc2ccccc2OC)n2ccccc12. The number of hydrogen-bond donors (Lipinski definition) is 2. The van der Waals surface area contributed by atoms with Crippen molar-refractivity contribution in [3.05, 3.63) is 78.4 Å². The minimum Gasteiger partial charge on any atom is -0.496 e. The third kappa shape index (κ3) is 3.82. The summed E-state index contributed by atoms with van der Waals surface area (Å²) in [6, 6.07) is 12.7. The topological polar surface area (TPSA) is 84.7 Å². The van der Waals surface area contributed by atoms with E-state index >= 15 is 0 Å². The fraction of sp³-hybridized carbons (Fsp3) is 0.150. The van der Waals surface area contributed by atoms with Crippen molar-refractivity contribution in [1.29, 1.82) is 0 Å². The highest BCUT2D eigenvalue weighted by Crippen LogP contribution is 2.17. The number of nitrogens with zero attached hydrogens (tertiary/aromatic N) is 2. The third-order valence-electron chi connectivity index (χ3n) is 4.01. The Balaban J connectivity index is 1.86. The van der Waals surface area contributed by atoms with E-state index in [1.165, 1.54) is 0 Å². The Kier molecular flexibility index (Phi) is 5.51. The molecular weight excluding hydrogens is 344 g/mol. The van der Waals surface area contributed by atoms with Crippen molar-refractivity contribution in [2.75, 3.05) is 13.7 Å². The molecule has 0 aliphatic carbocycles. The van der Waals surface area contributed by atoms with Crippen LogP contribution in [0.2, 0.25) is 0 Å². The molecule has 0 spiro atoms. The molecule has 27 heavy (non-hydrogen) atoms. The van der Waals surface area contributed by atoms with Crippen molar-refractivity contribution in [3.63, 3.8) is 0 Å². The molecule has 2 amide bonds. The molecule has 0 atom stereocenters. The molecule has 138 valence electrons. The van der Waals surface area contributed by atoms with Gasteiger partial charge < -0.3 is 15.4 Å². The molecule has 0 aliphatic rings. The van der Waals surface area contributed by atoms with Crippen LogP contribution in [0.5, 0.6) is 5.75 Å². The van der Waals surface area contributed by atoms with E-state index in [0.717, 1.165) is 5.56 Å². The lowest BCUT2D eigenvalue weighted by Crippen LogP contribution is -2.26. The summed E-state index contributed by atoms with van der Waals surface area (Å²) in [7, 11) is 1.58. The zero-order valence-electron chi connectivity index (χ0n) is 14.9. The highest BCUT2D eigenvalue weighted by atomic mass is 16.5. The standard InChI is InChI=1S/C20H20N4O3/c1-3-11-21-19(25)17-15-9-6-7-12-24(15)18(23-17)20(26)22-13-14-8-4-5-10-16(14)27-2/h3-10,12H,1,11,13H2,2H3,(H,21,25)(H,22,26). The van der Waals surface area contributed by atoms with Gasteiger partial charge in [-0.2, -0.15) is 0 Å². The first-order valence-corrected chi connectivity index (χ1v) is 8.42. The molecule has 1 aromatic carbocycles. The Morgan fingerprint density at radius 1 is 1.15 bits per heavy atom. The van der Waals surface area contributed by atoms with Crippen LogP contribution in [0.3, 0.4) is 0 Å². The Labute approximate surface area is 156 Å². The number of amides is 2. The molecule has 0 fully saturated rings. The molecule has 0 unspecified atom stereocenters. The zero-order valence-corrected chi connectivity index (χ0v) is 14.9. The fourth-order valence-corrected chi connectivity index (χ4v) is 2.72. The third-order valence-corrected chi connectivity index (χ3v) is 4.01. The quantitative estimate of drug-likeness (QED) is 0.630. The first kappa shape index (κ1) is 18.2. The van der Waals surface area contributed by atoms with Gasteiger partial charge in [0.1, 0.15) is 5.75 Å². The maximum absolute atomic E-state index is 12.7. The first-order chi connectivity index (χ1) is 13.2. The van der Waals surface area contributed by atoms with Crippen LogP contribution in [0.1, 0.15) is 26.7 Å². The normalized spacial score (nSPS) is 10.4. The van der Waals surface area contributed by atoms with Crippen LogP contribution in [-0.2, 0) is 6.54 Å². The molecule has 2 heterocycles. The molecule has 2 N–H and O–H groups in total. The lowest BCUT2D eigenvalue weighted by molar-refractivity contribution is 0.0939. The van der Waals surface area contributed by atoms with Crippen molar-refractivity contribution in [1.82, 2.24) is 20.0 Å². The molecule has 0 saturated heterocycles. The van der Waals surface area contributed by atoms with Crippen molar-refractivity contribution in [2.45, 2.75) is 6.54 Å². The number of ether oxygens (including phenoxy) is 1. The van der Waals surface area contributed by atoms with E-state index in [1.54, 1.807) is 42.0 Å². The van der Waals surface area contributed by atoms with Gasteiger partial charge in [-0.25, -0.2) is 4.98 Å². The smallest absolute Gasteiger partial charge is 0.287 e. The lowest BCUT2D eigenvalue weighted by atomic mass is 10.2. The van der Waals surface area contributed by atoms with E-state index in [2.05, 4.69) is 22.2 Å². The van der Waals surface area contributed by atoms with Gasteiger partial charge in [0.05, 0.1) is 12.6 Å². The number of rotatable bonds is 7. The highest BCUT2D eigenvalue weighted by Gasteiger charge is 2.21. The van der Waals surface area contributed by atoms with Crippen molar-refractivity contribution in [3.8, 4) is 5.75 Å². The Morgan fingerprint density at radius 3 is 2.70 bits per heavy atom. The summed E-state index contributed by atoms with van der Waals surface area (Å²) in [6.07, 6.45) is 3.28. The molecule has 3 rings (SSSR count). The fourth-order valence-electron chi connectivity index (χ4n) is 2.72. The molecule has 0 aliphatic heterocycles. The second-order valence-corrected chi connectivity index (χ2v) is 5.73. The van der Waals surface area contributed by atoms with Crippen LogP contribution in [0.4, 0.5) is 0 Å². The Morgan fingerprint density at radius 2 is 1.93 bits per heavy atom.